The molecule has 0 unspecified atom stereocenters. The zero-order valence-electron chi connectivity index (χ0n) is 50.5. The van der Waals surface area contributed by atoms with E-state index in [-0.39, 0.29) is 6.71 Å². The van der Waals surface area contributed by atoms with E-state index in [0.717, 1.165) is 51.4 Å². The summed E-state index contributed by atoms with van der Waals surface area (Å²) in [6.07, 6.45) is 13.3. The van der Waals surface area contributed by atoms with Crippen molar-refractivity contribution >= 4 is 79.0 Å². The molecule has 86 heavy (non-hydrogen) atoms. The first-order chi connectivity index (χ1) is 42.5. The second-order valence-electron chi connectivity index (χ2n) is 24.1. The van der Waals surface area contributed by atoms with E-state index in [0.29, 0.717) is 0 Å². The maximum Gasteiger partial charge on any atom is 0.252 e. The molecule has 0 amide bonds. The minimum Gasteiger partial charge on any atom is -0.310 e. The third kappa shape index (κ3) is 9.93. The van der Waals surface area contributed by atoms with Crippen LogP contribution in [0.15, 0.2) is 243 Å². The van der Waals surface area contributed by atoms with Crippen molar-refractivity contribution in [2.75, 3.05) is 9.80 Å². The fraction of sp³-hybridized carbons (Fsp3) is 0.195. The quantitative estimate of drug-likeness (QED) is 0.0748. The number of aromatic nitrogens is 1. The Balaban J connectivity index is 1.12. The summed E-state index contributed by atoms with van der Waals surface area (Å²) in [5.74, 6) is 0. The summed E-state index contributed by atoms with van der Waals surface area (Å²) >= 11 is 0. The Kier molecular flexibility index (Phi) is 15.4. The van der Waals surface area contributed by atoms with Crippen molar-refractivity contribution in [2.45, 2.75) is 105 Å². The van der Waals surface area contributed by atoms with E-state index in [9.17, 15) is 0 Å². The van der Waals surface area contributed by atoms with Gasteiger partial charge in [-0.3, -0.25) is 0 Å². The minimum atomic E-state index is -0.0816. The number of benzene rings is 11. The van der Waals surface area contributed by atoms with E-state index >= 15 is 0 Å². The van der Waals surface area contributed by atoms with Gasteiger partial charge in [0, 0.05) is 61.5 Å². The van der Waals surface area contributed by atoms with Gasteiger partial charge in [-0.05, 0) is 167 Å². The van der Waals surface area contributed by atoms with Crippen LogP contribution < -0.4 is 26.2 Å². The van der Waals surface area contributed by atoms with Gasteiger partial charge in [0.05, 0.1) is 22.4 Å². The number of anilines is 6. The van der Waals surface area contributed by atoms with Gasteiger partial charge < -0.3 is 14.4 Å². The fourth-order valence-electron chi connectivity index (χ4n) is 14.2. The van der Waals surface area contributed by atoms with Crippen LogP contribution in [0.25, 0.3) is 72.0 Å². The average molecular weight is 1110 g/mol. The molecule has 0 bridgehead atoms. The van der Waals surface area contributed by atoms with Gasteiger partial charge in [0.2, 0.25) is 0 Å². The van der Waals surface area contributed by atoms with Gasteiger partial charge in [-0.15, -0.1) is 0 Å². The van der Waals surface area contributed by atoms with E-state index in [1.165, 1.54) is 170 Å². The summed E-state index contributed by atoms with van der Waals surface area (Å²) in [6.45, 7) is 9.17. The summed E-state index contributed by atoms with van der Waals surface area (Å²) in [6, 6.07) is 93.4. The Morgan fingerprint density at radius 3 is 1.13 bits per heavy atom. The first kappa shape index (κ1) is 54.8. The van der Waals surface area contributed by atoms with Gasteiger partial charge >= 0.3 is 0 Å². The summed E-state index contributed by atoms with van der Waals surface area (Å²) in [4.78, 5) is 5.44. The molecular formula is C82H76BN3. The molecule has 0 saturated carbocycles. The summed E-state index contributed by atoms with van der Waals surface area (Å²) in [5, 5.41) is 2.67. The van der Waals surface area contributed by atoms with Crippen molar-refractivity contribution in [1.82, 2.24) is 4.57 Å². The van der Waals surface area contributed by atoms with Crippen molar-refractivity contribution in [3.05, 3.63) is 265 Å². The van der Waals surface area contributed by atoms with Crippen LogP contribution >= 0.6 is 0 Å². The number of nitrogens with zero attached hydrogens (tertiary/aromatic N) is 3. The SMILES string of the molecule is CCCCc1ccc2c(c1)B1c3ccc(-n4c5ccc(CCCC)cc5c5cc(CCCC)ccc54)cc3N(c3c(-c4ccccc4)cccc3-c3ccccc3)c3cc(CCCC)cc(c31)N2c1c(-c2ccccc2)cccc1-c1ccccc1. The molecule has 0 atom stereocenters. The Bertz CT molecular complexity index is 4230. The lowest BCUT2D eigenvalue weighted by Crippen LogP contribution is -2.61. The second-order valence-corrected chi connectivity index (χ2v) is 24.1. The monoisotopic (exact) mass is 1110 g/mol. The zero-order valence-corrected chi connectivity index (χ0v) is 50.5. The van der Waals surface area contributed by atoms with Crippen LogP contribution in [0.4, 0.5) is 34.1 Å². The highest BCUT2D eigenvalue weighted by molar-refractivity contribution is 7.00. The molecule has 3 heterocycles. The van der Waals surface area contributed by atoms with Crippen LogP contribution in [0.2, 0.25) is 0 Å². The molecule has 422 valence electrons. The van der Waals surface area contributed by atoms with Crippen LogP contribution in [-0.4, -0.2) is 11.3 Å². The van der Waals surface area contributed by atoms with Crippen molar-refractivity contribution < 1.29 is 0 Å². The fourth-order valence-corrected chi connectivity index (χ4v) is 14.2. The number of unbranched alkanes of at least 4 members (excludes halogenated alkanes) is 4. The van der Waals surface area contributed by atoms with E-state index in [1.807, 2.05) is 0 Å². The Morgan fingerprint density at radius 2 is 0.698 bits per heavy atom. The molecule has 0 N–H and O–H groups in total. The third-order valence-electron chi connectivity index (χ3n) is 18.5. The highest BCUT2D eigenvalue weighted by Crippen LogP contribution is 2.53. The molecule has 11 aromatic carbocycles. The van der Waals surface area contributed by atoms with Crippen LogP contribution in [0.5, 0.6) is 0 Å². The molecule has 0 fully saturated rings. The van der Waals surface area contributed by atoms with Crippen molar-refractivity contribution in [1.29, 1.82) is 0 Å². The maximum absolute atomic E-state index is 2.74. The smallest absolute Gasteiger partial charge is 0.252 e. The average Bonchev–Trinajstić information content (AvgIpc) is 0.766. The number of rotatable bonds is 19. The second kappa shape index (κ2) is 24.1. The van der Waals surface area contributed by atoms with E-state index in [1.54, 1.807) is 0 Å². The first-order valence-corrected chi connectivity index (χ1v) is 32.1. The molecular weight excluding hydrogens is 1040 g/mol. The lowest BCUT2D eigenvalue weighted by molar-refractivity contribution is 0.795. The van der Waals surface area contributed by atoms with E-state index in [2.05, 4.69) is 285 Å². The number of fused-ring (bicyclic) bond motifs is 7. The standard InChI is InChI=1S/C82H76BN3/c1-5-9-27-57-43-48-74-70(51-57)71-52-58(28-10-6-2)44-49-75(71)84(74)65-46-47-72-77(56-65)86(82-68(63-35-21-15-22-36-63)41-26-42-69(82)64-37-23-16-24-38-64)79-55-60(30-12-8-4)54-78-80(79)83(72)73-53-59(29-11-7-3)45-50-76(73)85(78)81-66(61-31-17-13-18-32-61)39-25-40-67(81)62-33-19-14-20-34-62/h13-26,31-56H,5-12,27-30H2,1-4H3. The molecule has 0 spiro atoms. The van der Waals surface area contributed by atoms with Gasteiger partial charge in [-0.25, -0.2) is 0 Å². The molecule has 2 aliphatic rings. The van der Waals surface area contributed by atoms with Gasteiger partial charge in [-0.2, -0.15) is 0 Å². The first-order valence-electron chi connectivity index (χ1n) is 32.1. The Hall–Kier alpha value is -9.12. The minimum absolute atomic E-state index is 0.0816. The van der Waals surface area contributed by atoms with Crippen LogP contribution in [0.3, 0.4) is 0 Å². The number of hydrogen-bond donors (Lipinski definition) is 0. The maximum atomic E-state index is 2.74. The predicted octanol–water partition coefficient (Wildman–Crippen LogP) is 20.9. The number of hydrogen-bond acceptors (Lipinski definition) is 2. The molecule has 2 aliphatic heterocycles. The van der Waals surface area contributed by atoms with Gasteiger partial charge in [0.1, 0.15) is 0 Å². The highest BCUT2D eigenvalue weighted by atomic mass is 15.2. The van der Waals surface area contributed by atoms with Gasteiger partial charge in [0.15, 0.2) is 0 Å². The van der Waals surface area contributed by atoms with Gasteiger partial charge in [0.25, 0.3) is 6.71 Å². The van der Waals surface area contributed by atoms with E-state index in [4.69, 9.17) is 0 Å². The van der Waals surface area contributed by atoms with Gasteiger partial charge in [-0.1, -0.05) is 241 Å². The van der Waals surface area contributed by atoms with Crippen LogP contribution in [-0.2, 0) is 25.7 Å². The molecule has 14 rings (SSSR count). The predicted molar refractivity (Wildman–Crippen MR) is 371 cm³/mol. The highest BCUT2D eigenvalue weighted by Gasteiger charge is 2.45. The molecule has 1 aromatic heterocycles. The van der Waals surface area contributed by atoms with Crippen molar-refractivity contribution in [2.24, 2.45) is 0 Å². The van der Waals surface area contributed by atoms with Crippen molar-refractivity contribution in [3.8, 4) is 50.2 Å². The summed E-state index contributed by atoms with van der Waals surface area (Å²) < 4.78 is 2.58. The normalized spacial score (nSPS) is 12.4. The lowest BCUT2D eigenvalue weighted by Gasteiger charge is -2.46. The molecule has 0 saturated heterocycles. The molecule has 0 aliphatic carbocycles. The lowest BCUT2D eigenvalue weighted by atomic mass is 9.33. The number of para-hydroxylation sites is 2. The van der Waals surface area contributed by atoms with Crippen molar-refractivity contribution in [3.63, 3.8) is 0 Å². The largest absolute Gasteiger partial charge is 0.310 e. The Labute approximate surface area is 510 Å². The van der Waals surface area contributed by atoms with Crippen LogP contribution in [0.1, 0.15) is 101 Å². The zero-order chi connectivity index (χ0) is 58.1. The molecule has 0 radical (unpaired) electrons. The molecule has 12 aromatic rings. The number of aryl methyl sites for hydroxylation is 4. The van der Waals surface area contributed by atoms with Crippen LogP contribution in [0, 0.1) is 0 Å². The third-order valence-corrected chi connectivity index (χ3v) is 18.5. The topological polar surface area (TPSA) is 11.4 Å². The Morgan fingerprint density at radius 1 is 0.302 bits per heavy atom. The molecule has 3 nitrogen and oxygen atoms in total. The van der Waals surface area contributed by atoms with E-state index < -0.39 is 0 Å². The summed E-state index contributed by atoms with van der Waals surface area (Å²) in [5.41, 5.74) is 30.1. The summed E-state index contributed by atoms with van der Waals surface area (Å²) in [7, 11) is 0. The molecule has 4 heteroatoms.